The van der Waals surface area contributed by atoms with E-state index in [0.29, 0.717) is 22.0 Å². The Balaban J connectivity index is 1.91. The Morgan fingerprint density at radius 3 is 2.19 bits per heavy atom. The summed E-state index contributed by atoms with van der Waals surface area (Å²) in [5.74, 6) is -1.39. The van der Waals surface area contributed by atoms with Crippen LogP contribution < -0.4 is 4.90 Å². The molecule has 0 spiro atoms. The van der Waals surface area contributed by atoms with Crippen LogP contribution in [-0.4, -0.2) is 21.8 Å². The zero-order valence-electron chi connectivity index (χ0n) is 18.0. The van der Waals surface area contributed by atoms with Crippen LogP contribution in [-0.2, 0) is 15.0 Å². The highest BCUT2D eigenvalue weighted by Crippen LogP contribution is 2.42. The first-order valence-corrected chi connectivity index (χ1v) is 10.6. The minimum Gasteiger partial charge on any atom is -0.507 e. The fourth-order valence-corrected chi connectivity index (χ4v) is 3.94. The summed E-state index contributed by atoms with van der Waals surface area (Å²) in [6.07, 6.45) is 1.56. The maximum absolute atomic E-state index is 13.1. The van der Waals surface area contributed by atoms with Crippen molar-refractivity contribution in [2.24, 2.45) is 0 Å². The van der Waals surface area contributed by atoms with E-state index in [2.05, 4.69) is 25.8 Å². The molecule has 0 aliphatic carbocycles. The Morgan fingerprint density at radius 2 is 1.62 bits per heavy atom. The van der Waals surface area contributed by atoms with Gasteiger partial charge in [0.15, 0.2) is 0 Å². The van der Waals surface area contributed by atoms with Gasteiger partial charge in [0.1, 0.15) is 11.6 Å². The number of Topliss-reactive ketones (excluding diaryl/α,β-unsaturated/α-hetero) is 1. The van der Waals surface area contributed by atoms with E-state index < -0.39 is 17.7 Å². The smallest absolute Gasteiger partial charge is 0.301 e. The molecule has 162 valence electrons. The molecule has 1 aliphatic heterocycles. The van der Waals surface area contributed by atoms with Crippen molar-refractivity contribution < 1.29 is 14.7 Å². The van der Waals surface area contributed by atoms with Crippen LogP contribution in [0.1, 0.15) is 43.5 Å². The molecule has 2 aromatic carbocycles. The highest BCUT2D eigenvalue weighted by Gasteiger charge is 2.47. The lowest BCUT2D eigenvalue weighted by Gasteiger charge is -2.25. The summed E-state index contributed by atoms with van der Waals surface area (Å²) in [6.45, 7) is 6.34. The van der Waals surface area contributed by atoms with Crippen molar-refractivity contribution in [3.63, 3.8) is 0 Å². The first kappa shape index (κ1) is 21.8. The molecule has 1 amide bonds. The van der Waals surface area contributed by atoms with Gasteiger partial charge in [0, 0.05) is 16.8 Å². The monoisotopic (exact) mass is 446 g/mol. The lowest BCUT2D eigenvalue weighted by molar-refractivity contribution is -0.132. The molecule has 1 saturated heterocycles. The number of amides is 1. The van der Waals surface area contributed by atoms with Crippen LogP contribution in [0.25, 0.3) is 5.76 Å². The average molecular weight is 447 g/mol. The van der Waals surface area contributed by atoms with Crippen molar-refractivity contribution in [1.82, 2.24) is 4.98 Å². The van der Waals surface area contributed by atoms with Gasteiger partial charge in [-0.25, -0.2) is 4.98 Å². The van der Waals surface area contributed by atoms with Gasteiger partial charge >= 0.3 is 5.91 Å². The molecule has 2 heterocycles. The lowest BCUT2D eigenvalue weighted by atomic mass is 9.85. The second-order valence-electron chi connectivity index (χ2n) is 8.74. The fourth-order valence-electron chi connectivity index (χ4n) is 3.81. The van der Waals surface area contributed by atoms with E-state index in [1.807, 2.05) is 24.3 Å². The van der Waals surface area contributed by atoms with Crippen molar-refractivity contribution in [1.29, 1.82) is 0 Å². The van der Waals surface area contributed by atoms with Crippen LogP contribution in [0.3, 0.4) is 0 Å². The minimum absolute atomic E-state index is 0.0199. The van der Waals surface area contributed by atoms with Crippen LogP contribution >= 0.6 is 11.6 Å². The zero-order valence-corrected chi connectivity index (χ0v) is 18.8. The fraction of sp³-hybridized carbons (Fsp3) is 0.192. The minimum atomic E-state index is -0.811. The number of aliphatic hydroxyl groups is 1. The van der Waals surface area contributed by atoms with Crippen molar-refractivity contribution in [3.8, 4) is 0 Å². The number of carbonyl (C=O) groups is 2. The molecule has 4 rings (SSSR count). The van der Waals surface area contributed by atoms with Crippen LogP contribution in [0.2, 0.25) is 5.02 Å². The van der Waals surface area contributed by atoms with Crippen LogP contribution in [0, 0.1) is 0 Å². The Kier molecular flexibility index (Phi) is 5.61. The average Bonchev–Trinajstić information content (AvgIpc) is 3.04. The molecular formula is C26H23ClN2O3. The quantitative estimate of drug-likeness (QED) is 0.320. The van der Waals surface area contributed by atoms with Crippen molar-refractivity contribution in [2.45, 2.75) is 32.2 Å². The second-order valence-corrected chi connectivity index (χ2v) is 9.17. The SMILES string of the molecule is CC(C)(C)c1ccc([C@@H]2/C(=C(\O)c3ccc(Cl)cc3)C(=O)C(=O)N2c2ccccn2)cc1. The van der Waals surface area contributed by atoms with Crippen molar-refractivity contribution in [3.05, 3.63) is 100 Å². The first-order valence-electron chi connectivity index (χ1n) is 10.3. The van der Waals surface area contributed by atoms with Gasteiger partial charge in [-0.15, -0.1) is 0 Å². The van der Waals surface area contributed by atoms with Gasteiger partial charge in [-0.05, 0) is 52.9 Å². The third-order valence-corrected chi connectivity index (χ3v) is 5.80. The highest BCUT2D eigenvalue weighted by atomic mass is 35.5. The Morgan fingerprint density at radius 1 is 0.969 bits per heavy atom. The number of rotatable bonds is 3. The van der Waals surface area contributed by atoms with E-state index in [1.165, 1.54) is 4.90 Å². The lowest BCUT2D eigenvalue weighted by Crippen LogP contribution is -2.30. The number of pyridine rings is 1. The summed E-state index contributed by atoms with van der Waals surface area (Å²) < 4.78 is 0. The number of hydrogen-bond acceptors (Lipinski definition) is 4. The topological polar surface area (TPSA) is 70.5 Å². The van der Waals surface area contributed by atoms with Crippen LogP contribution in [0.4, 0.5) is 5.82 Å². The number of nitrogens with zero attached hydrogens (tertiary/aromatic N) is 2. The molecule has 1 aromatic heterocycles. The van der Waals surface area contributed by atoms with Gasteiger partial charge < -0.3 is 5.11 Å². The van der Waals surface area contributed by atoms with Crippen molar-refractivity contribution in [2.75, 3.05) is 4.90 Å². The number of anilines is 1. The molecule has 1 fully saturated rings. The predicted molar refractivity (Wildman–Crippen MR) is 126 cm³/mol. The zero-order chi connectivity index (χ0) is 23.0. The second kappa shape index (κ2) is 8.24. The summed E-state index contributed by atoms with van der Waals surface area (Å²) in [5.41, 5.74) is 2.20. The third kappa shape index (κ3) is 3.92. The summed E-state index contributed by atoms with van der Waals surface area (Å²) in [5, 5.41) is 11.6. The molecule has 0 saturated carbocycles. The number of carbonyl (C=O) groups excluding carboxylic acids is 2. The summed E-state index contributed by atoms with van der Waals surface area (Å²) in [6, 6.07) is 18.6. The largest absolute Gasteiger partial charge is 0.507 e. The van der Waals surface area contributed by atoms with Gasteiger partial charge in [-0.2, -0.15) is 0 Å². The maximum Gasteiger partial charge on any atom is 0.301 e. The van der Waals surface area contributed by atoms with E-state index in [0.717, 1.165) is 5.56 Å². The number of hydrogen-bond donors (Lipinski definition) is 1. The summed E-state index contributed by atoms with van der Waals surface area (Å²) in [4.78, 5) is 31.8. The molecule has 3 aromatic rings. The van der Waals surface area contributed by atoms with Crippen LogP contribution in [0.15, 0.2) is 78.5 Å². The Bertz CT molecular complexity index is 1190. The van der Waals surface area contributed by atoms with Gasteiger partial charge in [-0.1, -0.05) is 62.7 Å². The molecule has 1 N–H and O–H groups in total. The van der Waals surface area contributed by atoms with Gasteiger partial charge in [0.2, 0.25) is 0 Å². The molecule has 5 nitrogen and oxygen atoms in total. The highest BCUT2D eigenvalue weighted by molar-refractivity contribution is 6.51. The molecule has 1 aliphatic rings. The normalized spacial score (nSPS) is 18.2. The summed E-state index contributed by atoms with van der Waals surface area (Å²) >= 11 is 5.97. The molecule has 0 unspecified atom stereocenters. The third-order valence-electron chi connectivity index (χ3n) is 5.55. The number of benzene rings is 2. The van der Waals surface area contributed by atoms with Gasteiger partial charge in [-0.3, -0.25) is 14.5 Å². The molecule has 1 atom stereocenters. The number of aliphatic hydroxyl groups excluding tert-OH is 1. The van der Waals surface area contributed by atoms with E-state index in [-0.39, 0.29) is 16.7 Å². The van der Waals surface area contributed by atoms with Crippen molar-refractivity contribution >= 4 is 34.9 Å². The maximum atomic E-state index is 13.1. The predicted octanol–water partition coefficient (Wildman–Crippen LogP) is 5.66. The van der Waals surface area contributed by atoms with Gasteiger partial charge in [0.05, 0.1) is 11.6 Å². The molecule has 0 bridgehead atoms. The van der Waals surface area contributed by atoms with E-state index in [9.17, 15) is 14.7 Å². The van der Waals surface area contributed by atoms with E-state index >= 15 is 0 Å². The summed E-state index contributed by atoms with van der Waals surface area (Å²) in [7, 11) is 0. The number of aromatic nitrogens is 1. The van der Waals surface area contributed by atoms with Crippen LogP contribution in [0.5, 0.6) is 0 Å². The number of ketones is 1. The molecule has 0 radical (unpaired) electrons. The molecule has 32 heavy (non-hydrogen) atoms. The Hall–Kier alpha value is -3.44. The molecule has 6 heteroatoms. The van der Waals surface area contributed by atoms with Gasteiger partial charge in [0.25, 0.3) is 5.78 Å². The number of halogens is 1. The Labute approximate surface area is 192 Å². The van der Waals surface area contributed by atoms with E-state index in [1.54, 1.807) is 48.7 Å². The van der Waals surface area contributed by atoms with E-state index in [4.69, 9.17) is 11.6 Å². The standard InChI is InChI=1S/C26H23ClN2O3/c1-26(2,3)18-11-7-16(8-12-18)22-21(23(30)17-9-13-19(27)14-10-17)24(31)25(32)29(22)20-6-4-5-15-28-20/h4-15,22,30H,1-3H3/b23-21+/t22-/m1/s1. The first-order chi connectivity index (χ1) is 15.2. The molecular weight excluding hydrogens is 424 g/mol.